The summed E-state index contributed by atoms with van der Waals surface area (Å²) in [5, 5.41) is 0. The van der Waals surface area contributed by atoms with Crippen LogP contribution in [0.5, 0.6) is 0 Å². The van der Waals surface area contributed by atoms with Crippen LogP contribution in [0.3, 0.4) is 0 Å². The number of rotatable bonds is 5. The third kappa shape index (κ3) is 3.13. The van der Waals surface area contributed by atoms with Gasteiger partial charge in [-0.25, -0.2) is 0 Å². The van der Waals surface area contributed by atoms with Crippen molar-refractivity contribution in [3.63, 3.8) is 0 Å². The summed E-state index contributed by atoms with van der Waals surface area (Å²) in [5.41, 5.74) is 0. The van der Waals surface area contributed by atoms with E-state index in [0.29, 0.717) is 0 Å². The standard InChI is InChI=1S/C13H25N/c1-4-9-13(12(3)5-2)14-10-7-6-8-11-14/h4,12-13H,1,5-11H2,2-3H3. The first kappa shape index (κ1) is 11.8. The predicted octanol–water partition coefficient (Wildman–Crippen LogP) is 3.46. The molecule has 0 spiro atoms. The summed E-state index contributed by atoms with van der Waals surface area (Å²) >= 11 is 0. The molecular formula is C13H25N. The summed E-state index contributed by atoms with van der Waals surface area (Å²) in [6.07, 6.45) is 8.75. The van der Waals surface area contributed by atoms with E-state index in [1.807, 2.05) is 0 Å². The molecule has 0 aromatic heterocycles. The van der Waals surface area contributed by atoms with Crippen LogP contribution in [-0.4, -0.2) is 24.0 Å². The number of hydrogen-bond donors (Lipinski definition) is 0. The van der Waals surface area contributed by atoms with E-state index in [4.69, 9.17) is 0 Å². The van der Waals surface area contributed by atoms with E-state index in [1.165, 1.54) is 38.8 Å². The van der Waals surface area contributed by atoms with Gasteiger partial charge in [-0.15, -0.1) is 6.58 Å². The molecule has 0 saturated carbocycles. The fourth-order valence-electron chi connectivity index (χ4n) is 2.43. The maximum atomic E-state index is 3.89. The molecule has 0 aliphatic carbocycles. The molecule has 2 unspecified atom stereocenters. The fourth-order valence-corrected chi connectivity index (χ4v) is 2.43. The van der Waals surface area contributed by atoms with Gasteiger partial charge in [-0.05, 0) is 38.3 Å². The van der Waals surface area contributed by atoms with Crippen molar-refractivity contribution in [1.29, 1.82) is 0 Å². The van der Waals surface area contributed by atoms with Crippen molar-refractivity contribution in [2.24, 2.45) is 5.92 Å². The molecule has 0 amide bonds. The minimum Gasteiger partial charge on any atom is -0.300 e. The van der Waals surface area contributed by atoms with Crippen LogP contribution in [-0.2, 0) is 0 Å². The highest BCUT2D eigenvalue weighted by molar-refractivity contribution is 4.85. The topological polar surface area (TPSA) is 3.24 Å². The zero-order valence-electron chi connectivity index (χ0n) is 9.84. The second-order valence-corrected chi connectivity index (χ2v) is 4.57. The van der Waals surface area contributed by atoms with Crippen LogP contribution in [0.1, 0.15) is 46.0 Å². The van der Waals surface area contributed by atoms with Gasteiger partial charge in [0, 0.05) is 6.04 Å². The van der Waals surface area contributed by atoms with Crippen LogP contribution in [0.15, 0.2) is 12.7 Å². The van der Waals surface area contributed by atoms with Crippen LogP contribution >= 0.6 is 0 Å². The van der Waals surface area contributed by atoms with Gasteiger partial charge in [0.05, 0.1) is 0 Å². The highest BCUT2D eigenvalue weighted by atomic mass is 15.2. The van der Waals surface area contributed by atoms with Crippen LogP contribution < -0.4 is 0 Å². The zero-order valence-corrected chi connectivity index (χ0v) is 9.84. The fraction of sp³-hybridized carbons (Fsp3) is 0.846. The molecule has 1 aliphatic heterocycles. The van der Waals surface area contributed by atoms with E-state index in [1.54, 1.807) is 0 Å². The summed E-state index contributed by atoms with van der Waals surface area (Å²) in [5.74, 6) is 0.811. The maximum Gasteiger partial charge on any atom is 0.0155 e. The third-order valence-corrected chi connectivity index (χ3v) is 3.57. The van der Waals surface area contributed by atoms with Gasteiger partial charge in [0.1, 0.15) is 0 Å². The molecule has 0 N–H and O–H groups in total. The molecule has 1 rings (SSSR count). The minimum atomic E-state index is 0.748. The lowest BCUT2D eigenvalue weighted by molar-refractivity contribution is 0.121. The smallest absolute Gasteiger partial charge is 0.0155 e. The third-order valence-electron chi connectivity index (χ3n) is 3.57. The first-order chi connectivity index (χ1) is 6.79. The monoisotopic (exact) mass is 195 g/mol. The van der Waals surface area contributed by atoms with Gasteiger partial charge >= 0.3 is 0 Å². The Hall–Kier alpha value is -0.300. The van der Waals surface area contributed by atoms with Crippen molar-refractivity contribution >= 4 is 0 Å². The zero-order chi connectivity index (χ0) is 10.4. The number of likely N-dealkylation sites (tertiary alicyclic amines) is 1. The average molecular weight is 195 g/mol. The Balaban J connectivity index is 2.50. The Labute approximate surface area is 89.2 Å². The molecule has 1 fully saturated rings. The first-order valence-corrected chi connectivity index (χ1v) is 6.14. The van der Waals surface area contributed by atoms with Crippen LogP contribution in [0.25, 0.3) is 0 Å². The number of nitrogens with zero attached hydrogens (tertiary/aromatic N) is 1. The first-order valence-electron chi connectivity index (χ1n) is 6.14. The van der Waals surface area contributed by atoms with Crippen LogP contribution in [0.4, 0.5) is 0 Å². The molecule has 1 nitrogen and oxygen atoms in total. The summed E-state index contributed by atoms with van der Waals surface area (Å²) in [7, 11) is 0. The Kier molecular flexibility index (Phi) is 5.24. The van der Waals surface area contributed by atoms with Crippen molar-refractivity contribution in [2.45, 2.75) is 52.0 Å². The molecule has 1 aliphatic rings. The minimum absolute atomic E-state index is 0.748. The molecule has 0 aromatic rings. The van der Waals surface area contributed by atoms with Crippen LogP contribution in [0, 0.1) is 5.92 Å². The summed E-state index contributed by atoms with van der Waals surface area (Å²) < 4.78 is 0. The Morgan fingerprint density at radius 3 is 2.43 bits per heavy atom. The van der Waals surface area contributed by atoms with E-state index in [0.717, 1.165) is 18.4 Å². The molecular weight excluding hydrogens is 170 g/mol. The summed E-state index contributed by atoms with van der Waals surface area (Å²) in [6, 6.07) is 0.748. The second-order valence-electron chi connectivity index (χ2n) is 4.57. The largest absolute Gasteiger partial charge is 0.300 e. The maximum absolute atomic E-state index is 3.89. The Bertz CT molecular complexity index is 159. The molecule has 82 valence electrons. The molecule has 1 heterocycles. The van der Waals surface area contributed by atoms with E-state index in [-0.39, 0.29) is 0 Å². The molecule has 2 atom stereocenters. The molecule has 14 heavy (non-hydrogen) atoms. The van der Waals surface area contributed by atoms with Crippen molar-refractivity contribution in [1.82, 2.24) is 4.90 Å². The van der Waals surface area contributed by atoms with E-state index >= 15 is 0 Å². The highest BCUT2D eigenvalue weighted by Gasteiger charge is 2.23. The van der Waals surface area contributed by atoms with Crippen molar-refractivity contribution in [2.75, 3.05) is 13.1 Å². The predicted molar refractivity (Wildman–Crippen MR) is 63.5 cm³/mol. The molecule has 1 saturated heterocycles. The van der Waals surface area contributed by atoms with Gasteiger partial charge in [0.2, 0.25) is 0 Å². The van der Waals surface area contributed by atoms with Gasteiger partial charge < -0.3 is 0 Å². The van der Waals surface area contributed by atoms with E-state index in [2.05, 4.69) is 31.4 Å². The lowest BCUT2D eigenvalue weighted by Gasteiger charge is -2.37. The van der Waals surface area contributed by atoms with Gasteiger partial charge in [-0.3, -0.25) is 4.90 Å². The number of hydrogen-bond acceptors (Lipinski definition) is 1. The second kappa shape index (κ2) is 6.23. The Morgan fingerprint density at radius 1 is 1.29 bits per heavy atom. The summed E-state index contributed by atoms with van der Waals surface area (Å²) in [4.78, 5) is 2.68. The van der Waals surface area contributed by atoms with Crippen molar-refractivity contribution in [3.8, 4) is 0 Å². The summed E-state index contributed by atoms with van der Waals surface area (Å²) in [6.45, 7) is 11.2. The Morgan fingerprint density at radius 2 is 1.93 bits per heavy atom. The lowest BCUT2D eigenvalue weighted by Crippen LogP contribution is -2.42. The van der Waals surface area contributed by atoms with Crippen LogP contribution in [0.2, 0.25) is 0 Å². The normalized spacial score (nSPS) is 23.0. The molecule has 1 heteroatoms. The molecule has 0 bridgehead atoms. The van der Waals surface area contributed by atoms with E-state index < -0.39 is 0 Å². The van der Waals surface area contributed by atoms with Gasteiger partial charge in [-0.2, -0.15) is 0 Å². The highest BCUT2D eigenvalue weighted by Crippen LogP contribution is 2.22. The lowest BCUT2D eigenvalue weighted by atomic mass is 9.93. The van der Waals surface area contributed by atoms with Gasteiger partial charge in [0.25, 0.3) is 0 Å². The number of piperidine rings is 1. The molecule has 0 aromatic carbocycles. The van der Waals surface area contributed by atoms with Gasteiger partial charge in [0.15, 0.2) is 0 Å². The quantitative estimate of drug-likeness (QED) is 0.607. The molecule has 0 radical (unpaired) electrons. The van der Waals surface area contributed by atoms with E-state index in [9.17, 15) is 0 Å². The van der Waals surface area contributed by atoms with Gasteiger partial charge in [-0.1, -0.05) is 32.8 Å². The van der Waals surface area contributed by atoms with Crippen molar-refractivity contribution in [3.05, 3.63) is 12.7 Å². The average Bonchev–Trinajstić information content (AvgIpc) is 2.26. The SMILES string of the molecule is C=CCC(C(C)CC)N1CCCCC1. The van der Waals surface area contributed by atoms with Crippen molar-refractivity contribution < 1.29 is 0 Å².